The van der Waals surface area contributed by atoms with Crippen LogP contribution in [0.15, 0.2) is 47.5 Å². The van der Waals surface area contributed by atoms with Gasteiger partial charge in [0.1, 0.15) is 18.0 Å². The standard InChI is InChI=1S/C23H17F5N4O4S/c1-3-35-21(33)23(27,28)20-30-12(2)19(37-20)36-18-8-7-13(9-17(18)26)32-22(34)31(11-29-32)10-14-15(24)5-4-6-16(14)25/h4-9,11H,3,10H2,1-2H3. The summed E-state index contributed by atoms with van der Waals surface area (Å²) in [5.74, 6) is -8.80. The fourth-order valence-corrected chi connectivity index (χ4v) is 4.09. The van der Waals surface area contributed by atoms with E-state index in [2.05, 4.69) is 14.8 Å². The Bertz CT molecular complexity index is 1510. The van der Waals surface area contributed by atoms with E-state index in [1.807, 2.05) is 0 Å². The minimum absolute atomic E-state index is 0.0113. The van der Waals surface area contributed by atoms with Crippen LogP contribution in [-0.4, -0.2) is 31.9 Å². The molecule has 4 aromatic rings. The Morgan fingerprint density at radius 2 is 1.81 bits per heavy atom. The summed E-state index contributed by atoms with van der Waals surface area (Å²) in [6.07, 6.45) is 1.04. The van der Waals surface area contributed by atoms with E-state index in [4.69, 9.17) is 4.74 Å². The maximum absolute atomic E-state index is 14.8. The Kier molecular flexibility index (Phi) is 7.12. The number of thiazole rings is 1. The SMILES string of the molecule is CCOC(=O)C(F)(F)c1nc(C)c(Oc2ccc(-n3ncn(Cc4c(F)cccc4F)c3=O)cc2F)s1. The highest BCUT2D eigenvalue weighted by molar-refractivity contribution is 7.13. The summed E-state index contributed by atoms with van der Waals surface area (Å²) < 4.78 is 82.7. The maximum atomic E-state index is 14.8. The molecule has 194 valence electrons. The third-order valence-corrected chi connectivity index (χ3v) is 6.15. The highest BCUT2D eigenvalue weighted by Gasteiger charge is 2.46. The van der Waals surface area contributed by atoms with Crippen LogP contribution in [-0.2, 0) is 22.0 Å². The van der Waals surface area contributed by atoms with Gasteiger partial charge in [0, 0.05) is 11.6 Å². The van der Waals surface area contributed by atoms with E-state index >= 15 is 0 Å². The second-order valence-corrected chi connectivity index (χ2v) is 8.52. The van der Waals surface area contributed by atoms with Crippen molar-refractivity contribution in [2.75, 3.05) is 6.61 Å². The molecule has 0 aliphatic heterocycles. The van der Waals surface area contributed by atoms with E-state index in [1.165, 1.54) is 26.0 Å². The number of aryl methyl sites for hydroxylation is 1. The van der Waals surface area contributed by atoms with Crippen molar-refractivity contribution in [1.82, 2.24) is 19.3 Å². The normalized spacial score (nSPS) is 11.5. The molecule has 0 atom stereocenters. The van der Waals surface area contributed by atoms with Crippen LogP contribution in [0.5, 0.6) is 10.8 Å². The van der Waals surface area contributed by atoms with Crippen molar-refractivity contribution in [2.45, 2.75) is 26.3 Å². The van der Waals surface area contributed by atoms with Gasteiger partial charge in [-0.1, -0.05) is 17.4 Å². The highest BCUT2D eigenvalue weighted by Crippen LogP contribution is 2.40. The van der Waals surface area contributed by atoms with Crippen LogP contribution in [0, 0.1) is 24.4 Å². The van der Waals surface area contributed by atoms with Gasteiger partial charge in [-0.05, 0) is 38.1 Å². The van der Waals surface area contributed by atoms with Gasteiger partial charge >= 0.3 is 17.6 Å². The Hall–Kier alpha value is -4.07. The predicted molar refractivity (Wildman–Crippen MR) is 121 cm³/mol. The van der Waals surface area contributed by atoms with Gasteiger partial charge in [-0.15, -0.1) is 0 Å². The molecule has 0 unspecified atom stereocenters. The van der Waals surface area contributed by atoms with Crippen molar-refractivity contribution in [3.8, 4) is 16.5 Å². The van der Waals surface area contributed by atoms with Crippen LogP contribution in [0.3, 0.4) is 0 Å². The number of nitrogens with zero attached hydrogens (tertiary/aromatic N) is 4. The molecule has 4 rings (SSSR count). The molecule has 2 heterocycles. The summed E-state index contributed by atoms with van der Waals surface area (Å²) in [4.78, 5) is 27.9. The van der Waals surface area contributed by atoms with Gasteiger partial charge in [-0.2, -0.15) is 18.6 Å². The first kappa shape index (κ1) is 26.0. The fraction of sp³-hybridized carbons (Fsp3) is 0.217. The van der Waals surface area contributed by atoms with Gasteiger partial charge in [0.25, 0.3) is 0 Å². The molecule has 0 spiro atoms. The molecule has 0 amide bonds. The average molecular weight is 540 g/mol. The van der Waals surface area contributed by atoms with Gasteiger partial charge in [0.2, 0.25) is 5.06 Å². The predicted octanol–water partition coefficient (Wildman–Crippen LogP) is 4.71. The molecule has 2 aromatic heterocycles. The van der Waals surface area contributed by atoms with E-state index in [0.717, 1.165) is 39.8 Å². The van der Waals surface area contributed by atoms with Crippen LogP contribution in [0.1, 0.15) is 23.2 Å². The molecule has 8 nitrogen and oxygen atoms in total. The topological polar surface area (TPSA) is 88.2 Å². The van der Waals surface area contributed by atoms with Gasteiger partial charge < -0.3 is 9.47 Å². The lowest BCUT2D eigenvalue weighted by molar-refractivity contribution is -0.173. The molecular formula is C23H17F5N4O4S. The number of carbonyl (C=O) groups is 1. The lowest BCUT2D eigenvalue weighted by atomic mass is 10.2. The third kappa shape index (κ3) is 5.09. The summed E-state index contributed by atoms with van der Waals surface area (Å²) in [6.45, 7) is 2.03. The minimum Gasteiger partial charge on any atom is -0.461 e. The monoisotopic (exact) mass is 540 g/mol. The molecule has 0 radical (unpaired) electrons. The molecule has 14 heteroatoms. The molecule has 0 N–H and O–H groups in total. The fourth-order valence-electron chi connectivity index (χ4n) is 3.20. The smallest absolute Gasteiger partial charge is 0.393 e. The second kappa shape index (κ2) is 10.1. The largest absolute Gasteiger partial charge is 0.461 e. The summed E-state index contributed by atoms with van der Waals surface area (Å²) in [5.41, 5.74) is -1.17. The zero-order valence-corrected chi connectivity index (χ0v) is 20.0. The van der Waals surface area contributed by atoms with E-state index < -0.39 is 46.6 Å². The van der Waals surface area contributed by atoms with Crippen LogP contribution in [0.4, 0.5) is 22.0 Å². The number of halogens is 5. The molecular weight excluding hydrogens is 523 g/mol. The molecule has 0 aliphatic carbocycles. The number of hydrogen-bond donors (Lipinski definition) is 0. The molecule has 0 fully saturated rings. The van der Waals surface area contributed by atoms with Gasteiger partial charge in [-0.3, -0.25) is 4.57 Å². The van der Waals surface area contributed by atoms with Crippen LogP contribution >= 0.6 is 11.3 Å². The van der Waals surface area contributed by atoms with Gasteiger partial charge in [0.05, 0.1) is 24.5 Å². The summed E-state index contributed by atoms with van der Waals surface area (Å²) >= 11 is 0.351. The third-order valence-electron chi connectivity index (χ3n) is 5.04. The maximum Gasteiger partial charge on any atom is 0.393 e. The summed E-state index contributed by atoms with van der Waals surface area (Å²) in [7, 11) is 0. The van der Waals surface area contributed by atoms with Crippen molar-refractivity contribution in [2.24, 2.45) is 0 Å². The summed E-state index contributed by atoms with van der Waals surface area (Å²) in [6, 6.07) is 6.59. The molecule has 2 aromatic carbocycles. The average Bonchev–Trinajstić information content (AvgIpc) is 3.40. The van der Waals surface area contributed by atoms with Crippen molar-refractivity contribution < 1.29 is 36.2 Å². The van der Waals surface area contributed by atoms with E-state index in [-0.39, 0.29) is 34.4 Å². The number of hydrogen-bond acceptors (Lipinski definition) is 7. The molecule has 0 bridgehead atoms. The lowest BCUT2D eigenvalue weighted by Crippen LogP contribution is -2.28. The molecule has 0 saturated heterocycles. The van der Waals surface area contributed by atoms with Gasteiger partial charge in [-0.25, -0.2) is 27.7 Å². The van der Waals surface area contributed by atoms with Crippen molar-refractivity contribution in [1.29, 1.82) is 0 Å². The number of aromatic nitrogens is 4. The highest BCUT2D eigenvalue weighted by atomic mass is 32.1. The summed E-state index contributed by atoms with van der Waals surface area (Å²) in [5, 5.41) is 2.79. The first-order chi connectivity index (χ1) is 17.5. The second-order valence-electron chi connectivity index (χ2n) is 7.56. The number of carbonyl (C=O) groups excluding carboxylic acids is 1. The zero-order valence-electron chi connectivity index (χ0n) is 19.2. The van der Waals surface area contributed by atoms with Crippen molar-refractivity contribution in [3.63, 3.8) is 0 Å². The lowest BCUT2D eigenvalue weighted by Gasteiger charge is -2.11. The van der Waals surface area contributed by atoms with Crippen LogP contribution < -0.4 is 10.4 Å². The Labute approximate surface area is 209 Å². The number of alkyl halides is 2. The van der Waals surface area contributed by atoms with Crippen molar-refractivity contribution >= 4 is 17.3 Å². The first-order valence-corrected chi connectivity index (χ1v) is 11.4. The van der Waals surface area contributed by atoms with E-state index in [0.29, 0.717) is 11.3 Å². The molecule has 0 saturated carbocycles. The van der Waals surface area contributed by atoms with Crippen molar-refractivity contribution in [3.05, 3.63) is 86.9 Å². The van der Waals surface area contributed by atoms with Gasteiger partial charge in [0.15, 0.2) is 16.6 Å². The number of benzene rings is 2. The molecule has 37 heavy (non-hydrogen) atoms. The Morgan fingerprint density at radius 3 is 2.46 bits per heavy atom. The van der Waals surface area contributed by atoms with Crippen LogP contribution in [0.25, 0.3) is 5.69 Å². The first-order valence-electron chi connectivity index (χ1n) is 10.6. The number of ether oxygens (including phenoxy) is 2. The van der Waals surface area contributed by atoms with Crippen LogP contribution in [0.2, 0.25) is 0 Å². The number of esters is 1. The Morgan fingerprint density at radius 1 is 1.11 bits per heavy atom. The quantitative estimate of drug-likeness (QED) is 0.238. The van der Waals surface area contributed by atoms with E-state index in [9.17, 15) is 31.5 Å². The Balaban J connectivity index is 1.56. The zero-order chi connectivity index (χ0) is 26.9. The minimum atomic E-state index is -4.01. The number of rotatable bonds is 8. The van der Waals surface area contributed by atoms with E-state index in [1.54, 1.807) is 0 Å². The molecule has 0 aliphatic rings.